The van der Waals surface area contributed by atoms with E-state index >= 15 is 0 Å². The zero-order chi connectivity index (χ0) is 17.2. The van der Waals surface area contributed by atoms with E-state index < -0.39 is 5.72 Å². The van der Waals surface area contributed by atoms with Gasteiger partial charge >= 0.3 is 0 Å². The highest BCUT2D eigenvalue weighted by atomic mass is 16.5. The Morgan fingerprint density at radius 2 is 1.96 bits per heavy atom. The minimum Gasteiger partial charge on any atom is -0.497 e. The van der Waals surface area contributed by atoms with Gasteiger partial charge in [-0.3, -0.25) is 10.2 Å². The molecule has 5 nitrogen and oxygen atoms in total. The summed E-state index contributed by atoms with van der Waals surface area (Å²) in [6, 6.07) is 16.0. The molecular weight excluding hydrogens is 304 g/mol. The zero-order valence-electron chi connectivity index (χ0n) is 13.7. The molecule has 1 atom stereocenters. The highest BCUT2D eigenvalue weighted by molar-refractivity contribution is 5.95. The lowest BCUT2D eigenvalue weighted by atomic mass is 10.0. The average molecular weight is 324 g/mol. The van der Waals surface area contributed by atoms with Crippen LogP contribution in [0.15, 0.2) is 66.4 Å². The number of hydrogen-bond acceptors (Lipinski definition) is 4. The number of hydrogen-bond donors (Lipinski definition) is 2. The summed E-state index contributed by atoms with van der Waals surface area (Å²) in [7, 11) is 1.57. The minimum atomic E-state index is -1.58. The van der Waals surface area contributed by atoms with E-state index in [4.69, 9.17) is 4.74 Å². The second-order valence-electron chi connectivity index (χ2n) is 5.60. The first kappa shape index (κ1) is 16.1. The molecule has 1 amide bonds. The number of benzene rings is 2. The summed E-state index contributed by atoms with van der Waals surface area (Å²) < 4.78 is 5.24. The molecule has 1 aliphatic heterocycles. The summed E-state index contributed by atoms with van der Waals surface area (Å²) in [6.07, 6.45) is 2.34. The third-order valence-corrected chi connectivity index (χ3v) is 4.07. The van der Waals surface area contributed by atoms with Gasteiger partial charge < -0.3 is 9.84 Å². The van der Waals surface area contributed by atoms with Gasteiger partial charge in [-0.1, -0.05) is 37.3 Å². The molecule has 0 fully saturated rings. The van der Waals surface area contributed by atoms with Crippen molar-refractivity contribution in [2.24, 2.45) is 0 Å². The largest absolute Gasteiger partial charge is 0.497 e. The zero-order valence-corrected chi connectivity index (χ0v) is 13.7. The van der Waals surface area contributed by atoms with E-state index in [1.807, 2.05) is 13.0 Å². The Kier molecular flexibility index (Phi) is 4.27. The molecule has 0 bridgehead atoms. The van der Waals surface area contributed by atoms with Crippen LogP contribution in [0, 0.1) is 0 Å². The van der Waals surface area contributed by atoms with Crippen LogP contribution in [0.25, 0.3) is 0 Å². The fourth-order valence-corrected chi connectivity index (χ4v) is 2.73. The van der Waals surface area contributed by atoms with Crippen LogP contribution in [0.1, 0.15) is 29.3 Å². The van der Waals surface area contributed by atoms with Gasteiger partial charge in [-0.05, 0) is 36.8 Å². The van der Waals surface area contributed by atoms with Crippen LogP contribution in [0.2, 0.25) is 0 Å². The van der Waals surface area contributed by atoms with Crippen LogP contribution in [-0.2, 0) is 5.72 Å². The minimum absolute atomic E-state index is 0.305. The molecule has 1 aliphatic rings. The molecule has 3 rings (SSSR count). The molecule has 1 unspecified atom stereocenters. The van der Waals surface area contributed by atoms with Crippen molar-refractivity contribution in [2.75, 3.05) is 7.11 Å². The lowest BCUT2D eigenvalue weighted by molar-refractivity contribution is -0.0605. The van der Waals surface area contributed by atoms with Crippen molar-refractivity contribution in [1.29, 1.82) is 0 Å². The van der Waals surface area contributed by atoms with Crippen molar-refractivity contribution >= 4 is 5.91 Å². The van der Waals surface area contributed by atoms with E-state index in [1.54, 1.807) is 61.7 Å². The quantitative estimate of drug-likeness (QED) is 0.908. The second kappa shape index (κ2) is 6.37. The number of aliphatic hydroxyl groups is 1. The first-order chi connectivity index (χ1) is 11.6. The lowest BCUT2D eigenvalue weighted by Gasteiger charge is -2.33. The highest BCUT2D eigenvalue weighted by Gasteiger charge is 2.43. The van der Waals surface area contributed by atoms with Gasteiger partial charge in [0.1, 0.15) is 5.75 Å². The molecule has 0 saturated heterocycles. The monoisotopic (exact) mass is 324 g/mol. The average Bonchev–Trinajstić information content (AvgIpc) is 3.00. The van der Waals surface area contributed by atoms with E-state index in [2.05, 4.69) is 5.43 Å². The Hall–Kier alpha value is -2.79. The lowest BCUT2D eigenvalue weighted by Crippen LogP contribution is -2.50. The third-order valence-electron chi connectivity index (χ3n) is 4.07. The molecule has 2 N–H and O–H groups in total. The molecule has 0 spiro atoms. The smallest absolute Gasteiger partial charge is 0.275 e. The maximum Gasteiger partial charge on any atom is 0.275 e. The molecule has 0 aliphatic carbocycles. The van der Waals surface area contributed by atoms with Crippen LogP contribution in [0.3, 0.4) is 0 Å². The first-order valence-electron chi connectivity index (χ1n) is 7.83. The number of ether oxygens (including phenoxy) is 1. The Labute approximate surface area is 141 Å². The molecule has 1 heterocycles. The topological polar surface area (TPSA) is 61.8 Å². The van der Waals surface area contributed by atoms with E-state index in [9.17, 15) is 9.90 Å². The summed E-state index contributed by atoms with van der Waals surface area (Å²) >= 11 is 0. The van der Waals surface area contributed by atoms with Crippen molar-refractivity contribution in [1.82, 2.24) is 10.4 Å². The van der Waals surface area contributed by atoms with Crippen molar-refractivity contribution in [3.05, 3.63) is 77.5 Å². The highest BCUT2D eigenvalue weighted by Crippen LogP contribution is 2.35. The number of allylic oxidation sites excluding steroid dienone is 1. The van der Waals surface area contributed by atoms with Crippen molar-refractivity contribution in [3.63, 3.8) is 0 Å². The van der Waals surface area contributed by atoms with Gasteiger partial charge in [0.15, 0.2) is 0 Å². The van der Waals surface area contributed by atoms with Crippen LogP contribution in [0.5, 0.6) is 5.75 Å². The van der Waals surface area contributed by atoms with Crippen molar-refractivity contribution in [2.45, 2.75) is 19.1 Å². The Balaban J connectivity index is 2.04. The second-order valence-corrected chi connectivity index (χ2v) is 5.60. The van der Waals surface area contributed by atoms with E-state index in [-0.39, 0.29) is 5.91 Å². The predicted molar refractivity (Wildman–Crippen MR) is 91.0 cm³/mol. The maximum atomic E-state index is 12.9. The number of rotatable bonds is 4. The van der Waals surface area contributed by atoms with E-state index in [1.165, 1.54) is 5.01 Å². The Bertz CT molecular complexity index is 773. The molecule has 0 aromatic heterocycles. The number of methoxy groups -OCH3 is 1. The summed E-state index contributed by atoms with van der Waals surface area (Å²) in [5, 5.41) is 12.5. The number of nitrogens with one attached hydrogen (secondary N) is 1. The number of carbonyl (C=O) groups is 1. The Morgan fingerprint density at radius 1 is 1.21 bits per heavy atom. The van der Waals surface area contributed by atoms with Crippen molar-refractivity contribution in [3.8, 4) is 5.75 Å². The van der Waals surface area contributed by atoms with Gasteiger partial charge in [-0.25, -0.2) is 5.01 Å². The van der Waals surface area contributed by atoms with Gasteiger partial charge in [-0.15, -0.1) is 0 Å². The first-order valence-corrected chi connectivity index (χ1v) is 7.83. The number of carbonyl (C=O) groups excluding carboxylic acids is 1. The fraction of sp³-hybridized carbons (Fsp3) is 0.211. The number of nitrogens with zero attached hydrogens (tertiary/aromatic N) is 1. The summed E-state index contributed by atoms with van der Waals surface area (Å²) in [4.78, 5) is 12.9. The molecule has 5 heteroatoms. The van der Waals surface area contributed by atoms with Crippen molar-refractivity contribution < 1.29 is 14.6 Å². The van der Waals surface area contributed by atoms with Crippen LogP contribution in [-0.4, -0.2) is 23.1 Å². The van der Waals surface area contributed by atoms with E-state index in [0.717, 1.165) is 5.70 Å². The SMILES string of the molecule is CCC1=CC(O)(c2cccc(OC)c2)N(C(=O)c2ccccc2)N1. The predicted octanol–water partition coefficient (Wildman–Crippen LogP) is 2.79. The number of amides is 1. The van der Waals surface area contributed by atoms with Crippen LogP contribution < -0.4 is 10.2 Å². The van der Waals surface area contributed by atoms with Gasteiger partial charge in [-0.2, -0.15) is 0 Å². The molecule has 0 radical (unpaired) electrons. The summed E-state index contributed by atoms with van der Waals surface area (Å²) in [6.45, 7) is 1.96. The molecule has 2 aromatic carbocycles. The normalized spacial score (nSPS) is 19.6. The molecule has 24 heavy (non-hydrogen) atoms. The fourth-order valence-electron chi connectivity index (χ4n) is 2.73. The summed E-state index contributed by atoms with van der Waals surface area (Å²) in [5.41, 5.74) is 3.28. The number of hydrazine groups is 1. The Morgan fingerprint density at radius 3 is 2.62 bits per heavy atom. The van der Waals surface area contributed by atoms with Crippen LogP contribution >= 0.6 is 0 Å². The molecule has 124 valence electrons. The van der Waals surface area contributed by atoms with Crippen LogP contribution in [0.4, 0.5) is 0 Å². The standard InChI is InChI=1S/C19H20N2O3/c1-3-16-13-19(23,15-10-7-11-17(12-15)24-2)21(20-16)18(22)14-8-5-4-6-9-14/h4-13,20,23H,3H2,1-2H3. The molecule has 2 aromatic rings. The molecular formula is C19H20N2O3. The van der Waals surface area contributed by atoms with Gasteiger partial charge in [0.2, 0.25) is 5.72 Å². The van der Waals surface area contributed by atoms with Gasteiger partial charge in [0.05, 0.1) is 7.11 Å². The third kappa shape index (κ3) is 2.74. The van der Waals surface area contributed by atoms with E-state index in [0.29, 0.717) is 23.3 Å². The maximum absolute atomic E-state index is 12.9. The molecule has 0 saturated carbocycles. The van der Waals surface area contributed by atoms with Gasteiger partial charge in [0, 0.05) is 16.8 Å². The summed E-state index contributed by atoms with van der Waals surface area (Å²) in [5.74, 6) is 0.312. The van der Waals surface area contributed by atoms with Gasteiger partial charge in [0.25, 0.3) is 5.91 Å².